The molecule has 17 heteroatoms. The topological polar surface area (TPSA) is 203 Å². The highest BCUT2D eigenvalue weighted by atomic mass is 32.2. The minimum absolute atomic E-state index is 0.0183. The molecule has 3 aromatic rings. The summed E-state index contributed by atoms with van der Waals surface area (Å²) in [6.45, 7) is 3.15. The molecule has 276 valence electrons. The molecule has 2 aliphatic heterocycles. The van der Waals surface area contributed by atoms with Gasteiger partial charge in [0.25, 0.3) is 11.8 Å². The summed E-state index contributed by atoms with van der Waals surface area (Å²) in [5.41, 5.74) is -0.445. The fourth-order valence-electron chi connectivity index (χ4n) is 6.88. The van der Waals surface area contributed by atoms with Crippen LogP contribution < -0.4 is 20.1 Å². The van der Waals surface area contributed by atoms with Crippen molar-refractivity contribution in [3.63, 3.8) is 0 Å². The van der Waals surface area contributed by atoms with Gasteiger partial charge in [0.1, 0.15) is 41.5 Å². The molecule has 0 radical (unpaired) electrons. The zero-order valence-electron chi connectivity index (χ0n) is 28.8. The van der Waals surface area contributed by atoms with Gasteiger partial charge in [-0.2, -0.15) is 0 Å². The lowest BCUT2D eigenvalue weighted by molar-refractivity contribution is -0.141. The van der Waals surface area contributed by atoms with Crippen LogP contribution in [0.5, 0.6) is 5.88 Å². The van der Waals surface area contributed by atoms with Crippen molar-refractivity contribution in [1.82, 2.24) is 35.4 Å². The highest BCUT2D eigenvalue weighted by Gasteiger charge is 2.63. The van der Waals surface area contributed by atoms with Gasteiger partial charge in [-0.15, -0.1) is 0 Å². The first-order valence-electron chi connectivity index (χ1n) is 17.5. The molecular weight excluding hydrogens is 697 g/mol. The minimum atomic E-state index is -4.01. The van der Waals surface area contributed by atoms with Gasteiger partial charge in [-0.25, -0.2) is 22.8 Å². The largest absolute Gasteiger partial charge is 0.471 e. The van der Waals surface area contributed by atoms with Crippen LogP contribution in [0, 0.1) is 18.7 Å². The molecule has 52 heavy (non-hydrogen) atoms. The van der Waals surface area contributed by atoms with Crippen LogP contribution in [0.15, 0.2) is 47.2 Å². The Bertz CT molecular complexity index is 2050. The number of carbonyl (C=O) groups is 4. The van der Waals surface area contributed by atoms with E-state index in [1.165, 1.54) is 35.4 Å². The van der Waals surface area contributed by atoms with Crippen LogP contribution >= 0.6 is 0 Å². The van der Waals surface area contributed by atoms with Crippen LogP contribution in [0.3, 0.4) is 0 Å². The lowest BCUT2D eigenvalue weighted by Crippen LogP contribution is -2.58. The zero-order valence-corrected chi connectivity index (χ0v) is 29.6. The van der Waals surface area contributed by atoms with Crippen molar-refractivity contribution in [1.29, 1.82) is 0 Å². The molecule has 3 fully saturated rings. The molecule has 0 spiro atoms. The van der Waals surface area contributed by atoms with Crippen molar-refractivity contribution in [2.75, 3.05) is 6.54 Å². The van der Waals surface area contributed by atoms with Gasteiger partial charge < -0.3 is 24.8 Å². The van der Waals surface area contributed by atoms with Crippen molar-refractivity contribution in [2.24, 2.45) is 5.92 Å². The maximum atomic E-state index is 14.4. The second-order valence-electron chi connectivity index (χ2n) is 14.4. The third kappa shape index (κ3) is 6.97. The van der Waals surface area contributed by atoms with E-state index in [0.717, 1.165) is 12.8 Å². The Morgan fingerprint density at radius 2 is 1.92 bits per heavy atom. The number of fused-ring (bicyclic) bond motifs is 3. The third-order valence-electron chi connectivity index (χ3n) is 10.5. The van der Waals surface area contributed by atoms with Gasteiger partial charge in [-0.1, -0.05) is 30.2 Å². The fourth-order valence-corrected chi connectivity index (χ4v) is 8.19. The predicted octanol–water partition coefficient (Wildman–Crippen LogP) is 2.61. The van der Waals surface area contributed by atoms with E-state index in [1.807, 2.05) is 12.2 Å². The number of hydrogen-bond acceptors (Lipinski definition) is 11. The summed E-state index contributed by atoms with van der Waals surface area (Å²) < 4.78 is 52.4. The molecule has 5 atom stereocenters. The summed E-state index contributed by atoms with van der Waals surface area (Å²) in [6, 6.07) is 3.15. The molecule has 2 aliphatic carbocycles. The monoisotopic (exact) mass is 737 g/mol. The van der Waals surface area contributed by atoms with Crippen molar-refractivity contribution < 1.29 is 41.2 Å². The predicted molar refractivity (Wildman–Crippen MR) is 182 cm³/mol. The number of allylic oxidation sites excluding steroid dienone is 1. The van der Waals surface area contributed by atoms with E-state index in [9.17, 15) is 32.0 Å². The Morgan fingerprint density at radius 3 is 2.67 bits per heavy atom. The van der Waals surface area contributed by atoms with Gasteiger partial charge in [-0.3, -0.25) is 23.9 Å². The van der Waals surface area contributed by atoms with Gasteiger partial charge >= 0.3 is 0 Å². The SMILES string of the molecule is Cc1nc2ccc(F)cc2nc1O[C@@H]1C[C@H]2C(=O)N[C@]3(C(=O)NS(=O)(=O)C4(C)CC4)C[C@H]3/C=C\CCCCC[C@H](NC(=O)c3ccon3)C(=O)N2C1. The fraction of sp³-hybridized carbons (Fsp3) is 0.514. The Morgan fingerprint density at radius 1 is 1.12 bits per heavy atom. The number of aryl methyl sites for hydroxylation is 1. The maximum absolute atomic E-state index is 14.4. The molecule has 2 aromatic heterocycles. The zero-order chi connectivity index (χ0) is 36.8. The number of rotatable bonds is 7. The standard InChI is InChI=1S/C35H40FN7O8S/c1-20-31(39-27-16-22(36)10-11-24(27)37-20)51-23-17-28-30(45)40-35(33(47)42-52(48,49)34(2)13-14-34)18-21(35)8-6-4-3-5-7-9-26(32(46)43(28)19-23)38-29(44)25-12-15-50-41-25/h6,8,10-12,15-16,21,23,26,28H,3-5,7,9,13-14,17-19H2,1-2H3,(H,38,44)(H,40,45)(H,42,47)/b8-6-/t21-,23-,26+,28+,35-/m1/s1. The molecule has 3 N–H and O–H groups in total. The average Bonchev–Trinajstić information content (AvgIpc) is 3.84. The Hall–Kier alpha value is -4.93. The van der Waals surface area contributed by atoms with Gasteiger partial charge in [-0.05, 0) is 64.5 Å². The van der Waals surface area contributed by atoms with E-state index < -0.39 is 73.9 Å². The second-order valence-corrected chi connectivity index (χ2v) is 16.6. The molecule has 2 saturated carbocycles. The smallest absolute Gasteiger partial charge is 0.274 e. The first-order valence-corrected chi connectivity index (χ1v) is 18.9. The molecule has 0 bridgehead atoms. The molecule has 4 aliphatic rings. The first-order chi connectivity index (χ1) is 24.8. The van der Waals surface area contributed by atoms with Crippen molar-refractivity contribution >= 4 is 44.7 Å². The summed E-state index contributed by atoms with van der Waals surface area (Å²) in [6.07, 6.45) is 8.20. The molecular formula is C35H40FN7O8S. The van der Waals surface area contributed by atoms with E-state index in [0.29, 0.717) is 36.9 Å². The van der Waals surface area contributed by atoms with Gasteiger partial charge in [0.05, 0.1) is 22.3 Å². The van der Waals surface area contributed by atoms with Gasteiger partial charge in [0, 0.05) is 24.5 Å². The van der Waals surface area contributed by atoms with Crippen LogP contribution in [0.2, 0.25) is 0 Å². The quantitative estimate of drug-likeness (QED) is 0.301. The van der Waals surface area contributed by atoms with Gasteiger partial charge in [0.2, 0.25) is 27.7 Å². The number of hydrogen-bond donors (Lipinski definition) is 3. The summed E-state index contributed by atoms with van der Waals surface area (Å²) >= 11 is 0. The van der Waals surface area contributed by atoms with Crippen LogP contribution in [-0.2, 0) is 24.4 Å². The number of benzene rings is 1. The molecule has 1 aromatic carbocycles. The lowest BCUT2D eigenvalue weighted by Gasteiger charge is -2.30. The maximum Gasteiger partial charge on any atom is 0.274 e. The summed E-state index contributed by atoms with van der Waals surface area (Å²) in [5.74, 6) is -3.56. The van der Waals surface area contributed by atoms with Crippen molar-refractivity contribution in [3.8, 4) is 5.88 Å². The normalized spacial score (nSPS) is 28.0. The molecule has 0 unspecified atom stereocenters. The van der Waals surface area contributed by atoms with E-state index >= 15 is 0 Å². The molecule has 7 rings (SSSR count). The summed E-state index contributed by atoms with van der Waals surface area (Å²) in [5, 5.41) is 9.26. The molecule has 4 amide bonds. The number of carbonyl (C=O) groups excluding carboxylic acids is 4. The van der Waals surface area contributed by atoms with E-state index in [4.69, 9.17) is 9.26 Å². The van der Waals surface area contributed by atoms with E-state index in [2.05, 4.69) is 30.5 Å². The molecule has 1 saturated heterocycles. The number of aromatic nitrogens is 3. The van der Waals surface area contributed by atoms with Crippen LogP contribution in [0.1, 0.15) is 80.9 Å². The Balaban J connectivity index is 1.19. The molecule has 15 nitrogen and oxygen atoms in total. The molecule has 4 heterocycles. The van der Waals surface area contributed by atoms with E-state index in [-0.39, 0.29) is 42.9 Å². The number of ether oxygens (including phenoxy) is 1. The second kappa shape index (κ2) is 13.6. The van der Waals surface area contributed by atoms with E-state index in [1.54, 1.807) is 13.8 Å². The Labute approximate surface area is 299 Å². The summed E-state index contributed by atoms with van der Waals surface area (Å²) in [4.78, 5) is 65.8. The third-order valence-corrected chi connectivity index (χ3v) is 12.6. The van der Waals surface area contributed by atoms with Crippen LogP contribution in [0.4, 0.5) is 4.39 Å². The number of sulfonamides is 1. The first kappa shape index (κ1) is 35.5. The number of nitrogens with zero attached hydrogens (tertiary/aromatic N) is 4. The van der Waals surface area contributed by atoms with Crippen LogP contribution in [0.25, 0.3) is 11.0 Å². The summed E-state index contributed by atoms with van der Waals surface area (Å²) in [7, 11) is -4.01. The minimum Gasteiger partial charge on any atom is -0.471 e. The van der Waals surface area contributed by atoms with Crippen molar-refractivity contribution in [3.05, 3.63) is 59.9 Å². The average molecular weight is 738 g/mol. The lowest BCUT2D eigenvalue weighted by atomic mass is 10.0. The number of halogens is 1. The highest BCUT2D eigenvalue weighted by Crippen LogP contribution is 2.47. The van der Waals surface area contributed by atoms with Gasteiger partial charge in [0.15, 0.2) is 5.69 Å². The number of nitrogens with one attached hydrogen (secondary N) is 3. The highest BCUT2D eigenvalue weighted by molar-refractivity contribution is 7.91. The van der Waals surface area contributed by atoms with Crippen LogP contribution in [-0.4, -0.2) is 87.1 Å². The Kier molecular flexibility index (Phi) is 9.25. The number of amides is 4. The van der Waals surface area contributed by atoms with Crippen molar-refractivity contribution in [2.45, 2.75) is 100 Å².